The molecule has 0 aliphatic rings. The molecule has 0 aliphatic carbocycles. The molecule has 0 fully saturated rings. The second-order valence-electron chi connectivity index (χ2n) is 3.54. The highest BCUT2D eigenvalue weighted by molar-refractivity contribution is 5.80. The Hall–Kier alpha value is -2.44. The zero-order chi connectivity index (χ0) is 12.8. The van der Waals surface area contributed by atoms with E-state index in [-0.39, 0.29) is 12.5 Å². The van der Waals surface area contributed by atoms with Crippen LogP contribution in [0.1, 0.15) is 6.92 Å². The average molecular weight is 246 g/mol. The molecule has 0 aliphatic heterocycles. The number of hydrogen-bond donors (Lipinski definition) is 2. The molecule has 0 atom stereocenters. The number of hydrogen-bond acceptors (Lipinski definition) is 5. The Kier molecular flexibility index (Phi) is 3.85. The van der Waals surface area contributed by atoms with Crippen LogP contribution in [0.25, 0.3) is 5.82 Å². The van der Waals surface area contributed by atoms with Crippen molar-refractivity contribution in [1.82, 2.24) is 24.8 Å². The number of anilines is 1. The molecule has 7 heteroatoms. The largest absolute Gasteiger partial charge is 0.361 e. The van der Waals surface area contributed by atoms with Crippen LogP contribution in [0, 0.1) is 0 Å². The maximum absolute atomic E-state index is 11.3. The summed E-state index contributed by atoms with van der Waals surface area (Å²) in [6.07, 6.45) is 6.55. The summed E-state index contributed by atoms with van der Waals surface area (Å²) in [7, 11) is 0. The molecule has 94 valence electrons. The van der Waals surface area contributed by atoms with Crippen molar-refractivity contribution in [3.63, 3.8) is 0 Å². The zero-order valence-corrected chi connectivity index (χ0v) is 10.00. The molecule has 0 aromatic carbocycles. The van der Waals surface area contributed by atoms with E-state index in [2.05, 4.69) is 25.6 Å². The fourth-order valence-electron chi connectivity index (χ4n) is 1.41. The normalized spacial score (nSPS) is 10.1. The van der Waals surface area contributed by atoms with Gasteiger partial charge in [0.1, 0.15) is 24.3 Å². The predicted octanol–water partition coefficient (Wildman–Crippen LogP) is 0.210. The third kappa shape index (κ3) is 3.03. The Labute approximate surface area is 104 Å². The van der Waals surface area contributed by atoms with E-state index in [4.69, 9.17) is 0 Å². The second-order valence-corrected chi connectivity index (χ2v) is 3.54. The maximum Gasteiger partial charge on any atom is 0.239 e. The average Bonchev–Trinajstić information content (AvgIpc) is 2.91. The second kappa shape index (κ2) is 5.76. The molecular weight excluding hydrogens is 232 g/mol. The number of imidazole rings is 1. The van der Waals surface area contributed by atoms with Crippen molar-refractivity contribution >= 4 is 11.7 Å². The molecule has 0 bridgehead atoms. The summed E-state index contributed by atoms with van der Waals surface area (Å²) in [6.45, 7) is 2.68. The first kappa shape index (κ1) is 12.0. The van der Waals surface area contributed by atoms with Gasteiger partial charge in [0.05, 0.1) is 6.54 Å². The summed E-state index contributed by atoms with van der Waals surface area (Å²) >= 11 is 0. The first-order valence-corrected chi connectivity index (χ1v) is 5.60. The minimum Gasteiger partial charge on any atom is -0.361 e. The smallest absolute Gasteiger partial charge is 0.239 e. The van der Waals surface area contributed by atoms with Crippen LogP contribution in [-0.2, 0) is 4.79 Å². The monoisotopic (exact) mass is 246 g/mol. The van der Waals surface area contributed by atoms with Crippen LogP contribution in [0.2, 0.25) is 0 Å². The van der Waals surface area contributed by atoms with Gasteiger partial charge in [-0.3, -0.25) is 9.36 Å². The molecule has 2 rings (SSSR count). The molecule has 2 heterocycles. The number of nitrogens with zero attached hydrogens (tertiary/aromatic N) is 4. The van der Waals surface area contributed by atoms with Crippen LogP contribution >= 0.6 is 0 Å². The lowest BCUT2D eigenvalue weighted by Crippen LogP contribution is -2.29. The fraction of sp³-hybridized carbons (Fsp3) is 0.273. The molecule has 0 unspecified atom stereocenters. The summed E-state index contributed by atoms with van der Waals surface area (Å²) in [5.41, 5.74) is 0. The van der Waals surface area contributed by atoms with E-state index in [1.807, 2.05) is 6.92 Å². The molecular formula is C11H14N6O. The van der Waals surface area contributed by atoms with Crippen molar-refractivity contribution < 1.29 is 4.79 Å². The molecule has 2 N–H and O–H groups in total. The standard InChI is InChI=1S/C11H14N6O/c1-2-13-11(18)6-14-9-5-10(16-7-15-9)17-4-3-12-8-17/h3-5,7-8H,2,6H2,1H3,(H,13,18)(H,14,15,16). The molecule has 0 saturated carbocycles. The Morgan fingerprint density at radius 1 is 1.44 bits per heavy atom. The van der Waals surface area contributed by atoms with E-state index < -0.39 is 0 Å². The van der Waals surface area contributed by atoms with E-state index in [0.29, 0.717) is 18.2 Å². The van der Waals surface area contributed by atoms with Crippen molar-refractivity contribution in [1.29, 1.82) is 0 Å². The van der Waals surface area contributed by atoms with E-state index in [1.54, 1.807) is 29.4 Å². The molecule has 7 nitrogen and oxygen atoms in total. The highest BCUT2D eigenvalue weighted by Gasteiger charge is 2.02. The van der Waals surface area contributed by atoms with Gasteiger partial charge in [0, 0.05) is 25.0 Å². The Morgan fingerprint density at radius 2 is 2.33 bits per heavy atom. The van der Waals surface area contributed by atoms with E-state index in [1.165, 1.54) is 6.33 Å². The van der Waals surface area contributed by atoms with Gasteiger partial charge in [0.15, 0.2) is 0 Å². The van der Waals surface area contributed by atoms with Gasteiger partial charge in [0.2, 0.25) is 5.91 Å². The van der Waals surface area contributed by atoms with Crippen LogP contribution < -0.4 is 10.6 Å². The number of amides is 1. The fourth-order valence-corrected chi connectivity index (χ4v) is 1.41. The quantitative estimate of drug-likeness (QED) is 0.787. The van der Waals surface area contributed by atoms with Gasteiger partial charge < -0.3 is 10.6 Å². The number of rotatable bonds is 5. The van der Waals surface area contributed by atoms with Crippen molar-refractivity contribution in [2.75, 3.05) is 18.4 Å². The third-order valence-corrected chi connectivity index (χ3v) is 2.23. The summed E-state index contributed by atoms with van der Waals surface area (Å²) in [4.78, 5) is 23.4. The van der Waals surface area contributed by atoms with Gasteiger partial charge in [-0.05, 0) is 6.92 Å². The Balaban J connectivity index is 2.02. The van der Waals surface area contributed by atoms with Gasteiger partial charge in [-0.15, -0.1) is 0 Å². The van der Waals surface area contributed by atoms with Gasteiger partial charge in [0.25, 0.3) is 0 Å². The van der Waals surface area contributed by atoms with Crippen LogP contribution in [-0.4, -0.2) is 38.5 Å². The van der Waals surface area contributed by atoms with E-state index >= 15 is 0 Å². The highest BCUT2D eigenvalue weighted by Crippen LogP contribution is 2.07. The Morgan fingerprint density at radius 3 is 3.06 bits per heavy atom. The number of nitrogens with one attached hydrogen (secondary N) is 2. The molecule has 0 spiro atoms. The van der Waals surface area contributed by atoms with Gasteiger partial charge in [-0.25, -0.2) is 15.0 Å². The van der Waals surface area contributed by atoms with Gasteiger partial charge in [-0.1, -0.05) is 0 Å². The molecule has 2 aromatic heterocycles. The topological polar surface area (TPSA) is 84.7 Å². The molecule has 0 radical (unpaired) electrons. The first-order chi connectivity index (χ1) is 8.79. The lowest BCUT2D eigenvalue weighted by Gasteiger charge is -2.07. The third-order valence-electron chi connectivity index (χ3n) is 2.23. The maximum atomic E-state index is 11.3. The molecule has 18 heavy (non-hydrogen) atoms. The molecule has 2 aromatic rings. The lowest BCUT2D eigenvalue weighted by atomic mass is 10.5. The number of carbonyl (C=O) groups excluding carboxylic acids is 1. The van der Waals surface area contributed by atoms with Crippen LogP contribution in [0.4, 0.5) is 5.82 Å². The van der Waals surface area contributed by atoms with Gasteiger partial charge >= 0.3 is 0 Å². The number of aromatic nitrogens is 4. The van der Waals surface area contributed by atoms with Crippen LogP contribution in [0.15, 0.2) is 31.1 Å². The highest BCUT2D eigenvalue weighted by atomic mass is 16.1. The Bertz CT molecular complexity index is 510. The van der Waals surface area contributed by atoms with E-state index in [0.717, 1.165) is 0 Å². The number of carbonyl (C=O) groups is 1. The minimum absolute atomic E-state index is 0.0692. The first-order valence-electron chi connectivity index (χ1n) is 5.60. The number of likely N-dealkylation sites (N-methyl/N-ethyl adjacent to an activating group) is 1. The molecule has 0 saturated heterocycles. The summed E-state index contributed by atoms with van der Waals surface area (Å²) in [5.74, 6) is 1.22. The minimum atomic E-state index is -0.0692. The lowest BCUT2D eigenvalue weighted by molar-refractivity contribution is -0.119. The zero-order valence-electron chi connectivity index (χ0n) is 10.00. The van der Waals surface area contributed by atoms with Crippen LogP contribution in [0.5, 0.6) is 0 Å². The van der Waals surface area contributed by atoms with Crippen molar-refractivity contribution in [3.8, 4) is 5.82 Å². The van der Waals surface area contributed by atoms with Crippen molar-refractivity contribution in [2.24, 2.45) is 0 Å². The summed E-state index contributed by atoms with van der Waals surface area (Å²) in [6, 6.07) is 1.75. The van der Waals surface area contributed by atoms with E-state index in [9.17, 15) is 4.79 Å². The van der Waals surface area contributed by atoms with Crippen LogP contribution in [0.3, 0.4) is 0 Å². The van der Waals surface area contributed by atoms with Gasteiger partial charge in [-0.2, -0.15) is 0 Å². The summed E-state index contributed by atoms with van der Waals surface area (Å²) < 4.78 is 1.76. The van der Waals surface area contributed by atoms with Crippen molar-refractivity contribution in [2.45, 2.75) is 6.92 Å². The van der Waals surface area contributed by atoms with Crippen molar-refractivity contribution in [3.05, 3.63) is 31.1 Å². The predicted molar refractivity (Wildman–Crippen MR) is 66.3 cm³/mol. The summed E-state index contributed by atoms with van der Waals surface area (Å²) in [5, 5.41) is 5.63. The SMILES string of the molecule is CCNC(=O)CNc1cc(-n2ccnc2)ncn1. The molecule has 1 amide bonds.